The van der Waals surface area contributed by atoms with Crippen molar-refractivity contribution < 1.29 is 28.5 Å². The zero-order valence-corrected chi connectivity index (χ0v) is 24.7. The van der Waals surface area contributed by atoms with E-state index < -0.39 is 5.97 Å². The van der Waals surface area contributed by atoms with Crippen LogP contribution in [0.1, 0.15) is 88.3 Å². The Morgan fingerprint density at radius 1 is 0.976 bits per heavy atom. The van der Waals surface area contributed by atoms with E-state index in [-0.39, 0.29) is 35.3 Å². The molecule has 6 heteroatoms. The molecule has 1 heterocycles. The number of methoxy groups -OCH3 is 1. The fraction of sp³-hybridized carbons (Fsp3) is 0.457. The Kier molecular flexibility index (Phi) is 8.15. The van der Waals surface area contributed by atoms with Crippen LogP contribution in [0.15, 0.2) is 60.7 Å². The Morgan fingerprint density at radius 2 is 1.68 bits per heavy atom. The van der Waals surface area contributed by atoms with Crippen LogP contribution in [-0.2, 0) is 16.1 Å². The number of aliphatic carboxylic acids is 1. The van der Waals surface area contributed by atoms with Gasteiger partial charge in [-0.2, -0.15) is 0 Å². The molecule has 1 saturated carbocycles. The molecule has 5 rings (SSSR count). The Labute approximate surface area is 242 Å². The maximum Gasteiger partial charge on any atom is 0.303 e. The molecule has 0 radical (unpaired) electrons. The topological polar surface area (TPSA) is 65.0 Å². The summed E-state index contributed by atoms with van der Waals surface area (Å²) in [5.41, 5.74) is 3.76. The molecule has 5 nitrogen and oxygen atoms in total. The zero-order chi connectivity index (χ0) is 29.4. The molecule has 0 bridgehead atoms. The summed E-state index contributed by atoms with van der Waals surface area (Å²) >= 11 is 0. The van der Waals surface area contributed by atoms with Gasteiger partial charge in [-0.15, -0.1) is 0 Å². The van der Waals surface area contributed by atoms with Crippen LogP contribution in [-0.4, -0.2) is 29.4 Å². The second-order valence-electron chi connectivity index (χ2n) is 12.9. The monoisotopic (exact) mass is 560 g/mol. The maximum absolute atomic E-state index is 15.2. The molecule has 2 aliphatic rings. The first kappa shape index (κ1) is 29.1. The summed E-state index contributed by atoms with van der Waals surface area (Å²) in [6, 6.07) is 18.8. The molecule has 3 aromatic carbocycles. The average Bonchev–Trinajstić information content (AvgIpc) is 3.75. The van der Waals surface area contributed by atoms with Crippen LogP contribution < -0.4 is 9.47 Å². The van der Waals surface area contributed by atoms with Crippen molar-refractivity contribution in [1.29, 1.82) is 0 Å². The van der Waals surface area contributed by atoms with Crippen LogP contribution in [0.25, 0.3) is 11.1 Å². The van der Waals surface area contributed by atoms with E-state index >= 15 is 4.39 Å². The van der Waals surface area contributed by atoms with Crippen LogP contribution in [0.4, 0.5) is 4.39 Å². The van der Waals surface area contributed by atoms with Crippen molar-refractivity contribution in [2.24, 2.45) is 5.92 Å². The van der Waals surface area contributed by atoms with Crippen molar-refractivity contribution in [3.63, 3.8) is 0 Å². The Morgan fingerprint density at radius 3 is 2.34 bits per heavy atom. The summed E-state index contributed by atoms with van der Waals surface area (Å²) in [5, 5.41) is 9.43. The number of ether oxygens (including phenoxy) is 3. The summed E-state index contributed by atoms with van der Waals surface area (Å²) in [7, 11) is 1.59. The molecule has 1 atom stereocenters. The van der Waals surface area contributed by atoms with Crippen molar-refractivity contribution >= 4 is 5.97 Å². The molecule has 1 N–H and O–H groups in total. The first-order chi connectivity index (χ1) is 19.4. The third kappa shape index (κ3) is 7.10. The minimum absolute atomic E-state index is 0.0383. The molecular formula is C35H41FO5. The van der Waals surface area contributed by atoms with Gasteiger partial charge in [0.15, 0.2) is 0 Å². The van der Waals surface area contributed by atoms with Crippen LogP contribution in [0.3, 0.4) is 0 Å². The summed E-state index contributed by atoms with van der Waals surface area (Å²) in [5.74, 6) is 0.879. The zero-order valence-electron chi connectivity index (χ0n) is 24.7. The van der Waals surface area contributed by atoms with E-state index in [1.807, 2.05) is 30.3 Å². The molecule has 1 saturated heterocycles. The van der Waals surface area contributed by atoms with Crippen molar-refractivity contribution in [3.05, 3.63) is 83.2 Å². The molecule has 0 amide bonds. The highest BCUT2D eigenvalue weighted by molar-refractivity contribution is 5.71. The Balaban J connectivity index is 1.46. The lowest BCUT2D eigenvalue weighted by atomic mass is 9.75. The number of carboxylic acids is 1. The van der Waals surface area contributed by atoms with E-state index in [0.717, 1.165) is 47.9 Å². The number of carboxylic acid groups (broad SMARTS) is 1. The number of rotatable bonds is 10. The van der Waals surface area contributed by atoms with Gasteiger partial charge in [-0.1, -0.05) is 30.3 Å². The quantitative estimate of drug-likeness (QED) is 0.269. The van der Waals surface area contributed by atoms with Crippen molar-refractivity contribution in [1.82, 2.24) is 0 Å². The van der Waals surface area contributed by atoms with Crippen molar-refractivity contribution in [2.45, 2.75) is 89.4 Å². The minimum Gasteiger partial charge on any atom is -0.497 e. The van der Waals surface area contributed by atoms with Gasteiger partial charge in [0.1, 0.15) is 23.9 Å². The second-order valence-corrected chi connectivity index (χ2v) is 12.9. The molecule has 218 valence electrons. The highest BCUT2D eigenvalue weighted by atomic mass is 19.1. The number of benzene rings is 3. The lowest BCUT2D eigenvalue weighted by Crippen LogP contribution is -2.44. The second kappa shape index (κ2) is 11.5. The molecule has 1 unspecified atom stereocenters. The fourth-order valence-corrected chi connectivity index (χ4v) is 6.69. The predicted molar refractivity (Wildman–Crippen MR) is 158 cm³/mol. The predicted octanol–water partition coefficient (Wildman–Crippen LogP) is 8.50. The lowest BCUT2D eigenvalue weighted by molar-refractivity contribution is -0.161. The first-order valence-electron chi connectivity index (χ1n) is 14.5. The van der Waals surface area contributed by atoms with Gasteiger partial charge in [-0.3, -0.25) is 4.79 Å². The number of carbonyl (C=O) groups is 1. The third-order valence-corrected chi connectivity index (χ3v) is 8.33. The standard InChI is InChI=1S/C35H41FO5/c1-34(2)19-25(20-35(3,4)41-34)30-17-27(11-13-28(30)31-16-26(39-5)12-14-32(31)36)40-21-22-7-6-8-24(15-22)29(18-33(37)38)23-9-10-23/h6-8,11-17,23,25,29H,9-10,18-21H2,1-5H3,(H,37,38). The van der Waals surface area contributed by atoms with E-state index in [1.165, 1.54) is 6.07 Å². The molecule has 0 spiro atoms. The summed E-state index contributed by atoms with van der Waals surface area (Å²) in [4.78, 5) is 11.5. The number of hydrogen-bond acceptors (Lipinski definition) is 4. The molecule has 2 fully saturated rings. The fourth-order valence-electron chi connectivity index (χ4n) is 6.69. The lowest BCUT2D eigenvalue weighted by Gasteiger charge is -2.46. The third-order valence-electron chi connectivity index (χ3n) is 8.33. The van der Waals surface area contributed by atoms with Crippen LogP contribution in [0.5, 0.6) is 11.5 Å². The average molecular weight is 561 g/mol. The van der Waals surface area contributed by atoms with Gasteiger partial charge in [0, 0.05) is 5.56 Å². The van der Waals surface area contributed by atoms with Gasteiger partial charge >= 0.3 is 5.97 Å². The van der Waals surface area contributed by atoms with E-state index in [1.54, 1.807) is 19.2 Å². The van der Waals surface area contributed by atoms with Crippen LogP contribution >= 0.6 is 0 Å². The summed E-state index contributed by atoms with van der Waals surface area (Å²) < 4.78 is 33.3. The molecule has 41 heavy (non-hydrogen) atoms. The van der Waals surface area contributed by atoms with Crippen LogP contribution in [0.2, 0.25) is 0 Å². The maximum atomic E-state index is 15.2. The summed E-state index contributed by atoms with van der Waals surface area (Å²) in [6.07, 6.45) is 3.92. The molecule has 1 aliphatic heterocycles. The van der Waals surface area contributed by atoms with Gasteiger partial charge in [0.05, 0.1) is 24.7 Å². The molecule has 3 aromatic rings. The van der Waals surface area contributed by atoms with Gasteiger partial charge < -0.3 is 19.3 Å². The van der Waals surface area contributed by atoms with Gasteiger partial charge in [-0.05, 0) is 124 Å². The Bertz CT molecular complexity index is 1390. The SMILES string of the molecule is COc1ccc(F)c(-c2ccc(OCc3cccc(C(CC(=O)O)C4CC4)c3)cc2C2CC(C)(C)OC(C)(C)C2)c1. The molecule has 1 aliphatic carbocycles. The van der Waals surface area contributed by atoms with Gasteiger partial charge in [0.2, 0.25) is 0 Å². The summed E-state index contributed by atoms with van der Waals surface area (Å²) in [6.45, 7) is 8.80. The highest BCUT2D eigenvalue weighted by Gasteiger charge is 2.40. The highest BCUT2D eigenvalue weighted by Crippen LogP contribution is 2.47. The van der Waals surface area contributed by atoms with Gasteiger partial charge in [-0.25, -0.2) is 4.39 Å². The smallest absolute Gasteiger partial charge is 0.303 e. The van der Waals surface area contributed by atoms with Crippen molar-refractivity contribution in [2.75, 3.05) is 7.11 Å². The van der Waals surface area contributed by atoms with Crippen molar-refractivity contribution in [3.8, 4) is 22.6 Å². The minimum atomic E-state index is -0.761. The van der Waals surface area contributed by atoms with E-state index in [4.69, 9.17) is 14.2 Å². The molecule has 0 aromatic heterocycles. The Hall–Kier alpha value is -3.38. The van der Waals surface area contributed by atoms with E-state index in [0.29, 0.717) is 29.6 Å². The number of halogens is 1. The van der Waals surface area contributed by atoms with E-state index in [9.17, 15) is 9.90 Å². The first-order valence-corrected chi connectivity index (χ1v) is 14.5. The normalized spacial score (nSPS) is 19.0. The van der Waals surface area contributed by atoms with E-state index in [2.05, 4.69) is 39.8 Å². The van der Waals surface area contributed by atoms with Crippen LogP contribution in [0, 0.1) is 11.7 Å². The van der Waals surface area contributed by atoms with Gasteiger partial charge in [0.25, 0.3) is 0 Å². The largest absolute Gasteiger partial charge is 0.497 e. The molecular weight excluding hydrogens is 519 g/mol. The number of hydrogen-bond donors (Lipinski definition) is 1.